The van der Waals surface area contributed by atoms with Crippen molar-refractivity contribution < 1.29 is 4.39 Å². The summed E-state index contributed by atoms with van der Waals surface area (Å²) in [6, 6.07) is 2.80. The Bertz CT molecular complexity index is 297. The molecule has 0 saturated heterocycles. The van der Waals surface area contributed by atoms with Gasteiger partial charge < -0.3 is 5.73 Å². The molecule has 0 aromatic heterocycles. The first-order chi connectivity index (χ1) is 5.54. The molecule has 0 heterocycles. The minimum absolute atomic E-state index is 0.144. The lowest BCUT2D eigenvalue weighted by Crippen LogP contribution is -2.08. The summed E-state index contributed by atoms with van der Waals surface area (Å²) >= 11 is 5.74. The zero-order valence-corrected chi connectivity index (χ0v) is 7.82. The molecule has 0 aliphatic heterocycles. The Labute approximate surface area is 76.3 Å². The smallest absolute Gasteiger partial charge is 0.142 e. The number of hydrogen-bond donors (Lipinski definition) is 1. The van der Waals surface area contributed by atoms with Gasteiger partial charge in [0.25, 0.3) is 0 Å². The number of nitrogens with two attached hydrogens (primary N) is 1. The molecule has 1 unspecified atom stereocenters. The molecule has 66 valence electrons. The van der Waals surface area contributed by atoms with Crippen LogP contribution in [0.15, 0.2) is 12.1 Å². The molecule has 0 amide bonds. The van der Waals surface area contributed by atoms with Gasteiger partial charge in [-0.2, -0.15) is 0 Å². The fourth-order valence-corrected chi connectivity index (χ4v) is 1.61. The predicted octanol–water partition coefficient (Wildman–Crippen LogP) is 2.81. The first-order valence-electron chi connectivity index (χ1n) is 3.74. The number of halogens is 2. The summed E-state index contributed by atoms with van der Waals surface area (Å²) < 4.78 is 12.9. The van der Waals surface area contributed by atoms with Crippen LogP contribution < -0.4 is 5.73 Å². The third-order valence-corrected chi connectivity index (χ3v) is 2.19. The van der Waals surface area contributed by atoms with Gasteiger partial charge in [-0.1, -0.05) is 17.7 Å². The molecule has 0 fully saturated rings. The van der Waals surface area contributed by atoms with Crippen LogP contribution in [0.4, 0.5) is 4.39 Å². The van der Waals surface area contributed by atoms with E-state index in [1.807, 2.05) is 6.92 Å². The molecule has 1 nitrogen and oxygen atoms in total. The van der Waals surface area contributed by atoms with Crippen molar-refractivity contribution in [3.63, 3.8) is 0 Å². The van der Waals surface area contributed by atoms with Gasteiger partial charge in [-0.05, 0) is 31.0 Å². The van der Waals surface area contributed by atoms with Gasteiger partial charge >= 0.3 is 0 Å². The Kier molecular flexibility index (Phi) is 2.70. The maximum atomic E-state index is 12.9. The van der Waals surface area contributed by atoms with Crippen molar-refractivity contribution in [3.05, 3.63) is 34.1 Å². The van der Waals surface area contributed by atoms with E-state index in [1.54, 1.807) is 13.0 Å². The minimum atomic E-state index is -0.408. The van der Waals surface area contributed by atoms with Crippen molar-refractivity contribution in [3.8, 4) is 0 Å². The molecule has 1 rings (SSSR count). The highest BCUT2D eigenvalue weighted by Gasteiger charge is 2.11. The van der Waals surface area contributed by atoms with Crippen molar-refractivity contribution in [2.24, 2.45) is 5.73 Å². The lowest BCUT2D eigenvalue weighted by atomic mass is 10.0. The van der Waals surface area contributed by atoms with E-state index >= 15 is 0 Å². The van der Waals surface area contributed by atoms with Crippen molar-refractivity contribution >= 4 is 11.6 Å². The van der Waals surface area contributed by atoms with Gasteiger partial charge in [-0.3, -0.25) is 0 Å². The maximum Gasteiger partial charge on any atom is 0.142 e. The number of benzene rings is 1. The van der Waals surface area contributed by atoms with Gasteiger partial charge in [-0.15, -0.1) is 0 Å². The molecule has 0 bridgehead atoms. The zero-order chi connectivity index (χ0) is 9.30. The molecule has 2 N–H and O–H groups in total. The van der Waals surface area contributed by atoms with Gasteiger partial charge in [0, 0.05) is 6.04 Å². The quantitative estimate of drug-likeness (QED) is 0.719. The van der Waals surface area contributed by atoms with Crippen molar-refractivity contribution in [1.29, 1.82) is 0 Å². The monoisotopic (exact) mass is 187 g/mol. The molecule has 12 heavy (non-hydrogen) atoms. The van der Waals surface area contributed by atoms with Crippen LogP contribution in [0.1, 0.15) is 24.1 Å². The molecule has 0 aliphatic rings. The second-order valence-electron chi connectivity index (χ2n) is 2.88. The summed E-state index contributed by atoms with van der Waals surface area (Å²) in [7, 11) is 0. The fourth-order valence-electron chi connectivity index (χ4n) is 1.22. The maximum absolute atomic E-state index is 12.9. The van der Waals surface area contributed by atoms with Crippen molar-refractivity contribution in [2.75, 3.05) is 0 Å². The van der Waals surface area contributed by atoms with Crippen LogP contribution in [-0.2, 0) is 0 Å². The molecule has 0 spiro atoms. The summed E-state index contributed by atoms with van der Waals surface area (Å²) in [5, 5.41) is 0.144. The van der Waals surface area contributed by atoms with Crippen LogP contribution in [0, 0.1) is 12.7 Å². The Morgan fingerprint density at radius 1 is 1.50 bits per heavy atom. The van der Waals surface area contributed by atoms with Gasteiger partial charge in [0.05, 0.1) is 5.02 Å². The SMILES string of the molecule is Cc1ccc(F)c(Cl)c1C(C)N. The van der Waals surface area contributed by atoms with Crippen LogP contribution in [0.25, 0.3) is 0 Å². The lowest BCUT2D eigenvalue weighted by Gasteiger charge is -2.11. The van der Waals surface area contributed by atoms with Crippen LogP contribution in [-0.4, -0.2) is 0 Å². The van der Waals surface area contributed by atoms with E-state index in [9.17, 15) is 4.39 Å². The molecule has 1 aromatic rings. The first-order valence-corrected chi connectivity index (χ1v) is 4.12. The summed E-state index contributed by atoms with van der Waals surface area (Å²) in [6.45, 7) is 3.65. The molecular weight excluding hydrogens is 177 g/mol. The molecule has 3 heteroatoms. The van der Waals surface area contributed by atoms with E-state index in [0.29, 0.717) is 5.56 Å². The van der Waals surface area contributed by atoms with E-state index in [0.717, 1.165) is 5.56 Å². The van der Waals surface area contributed by atoms with E-state index in [4.69, 9.17) is 17.3 Å². The lowest BCUT2D eigenvalue weighted by molar-refractivity contribution is 0.622. The minimum Gasteiger partial charge on any atom is -0.324 e. The van der Waals surface area contributed by atoms with Gasteiger partial charge in [0.2, 0.25) is 0 Å². The van der Waals surface area contributed by atoms with Gasteiger partial charge in [-0.25, -0.2) is 4.39 Å². The Morgan fingerprint density at radius 3 is 2.50 bits per heavy atom. The Balaban J connectivity index is 3.33. The second-order valence-corrected chi connectivity index (χ2v) is 3.26. The standard InChI is InChI=1S/C9H11ClFN/c1-5-3-4-7(11)9(10)8(5)6(2)12/h3-4,6H,12H2,1-2H3. The number of hydrogen-bond acceptors (Lipinski definition) is 1. The highest BCUT2D eigenvalue weighted by molar-refractivity contribution is 6.31. The fraction of sp³-hybridized carbons (Fsp3) is 0.333. The topological polar surface area (TPSA) is 26.0 Å². The Morgan fingerprint density at radius 2 is 2.08 bits per heavy atom. The van der Waals surface area contributed by atoms with Crippen molar-refractivity contribution in [2.45, 2.75) is 19.9 Å². The highest BCUT2D eigenvalue weighted by Crippen LogP contribution is 2.27. The molecular formula is C9H11ClFN. The van der Waals surface area contributed by atoms with E-state index in [1.165, 1.54) is 6.07 Å². The molecule has 0 saturated carbocycles. The van der Waals surface area contributed by atoms with Crippen LogP contribution in [0.5, 0.6) is 0 Å². The average molecular weight is 188 g/mol. The van der Waals surface area contributed by atoms with Crippen molar-refractivity contribution in [1.82, 2.24) is 0 Å². The van der Waals surface area contributed by atoms with Crippen LogP contribution >= 0.6 is 11.6 Å². The number of aryl methyl sites for hydroxylation is 1. The second kappa shape index (κ2) is 3.42. The third-order valence-electron chi connectivity index (χ3n) is 1.81. The summed E-state index contributed by atoms with van der Waals surface area (Å²) in [4.78, 5) is 0. The molecule has 1 atom stereocenters. The predicted molar refractivity (Wildman–Crippen MR) is 48.7 cm³/mol. The highest BCUT2D eigenvalue weighted by atomic mass is 35.5. The molecule has 0 aliphatic carbocycles. The number of rotatable bonds is 1. The largest absolute Gasteiger partial charge is 0.324 e. The molecule has 0 radical (unpaired) electrons. The van der Waals surface area contributed by atoms with E-state index in [-0.39, 0.29) is 11.1 Å². The normalized spacial score (nSPS) is 13.1. The van der Waals surface area contributed by atoms with Crippen LogP contribution in [0.2, 0.25) is 5.02 Å². The van der Waals surface area contributed by atoms with Crippen LogP contribution in [0.3, 0.4) is 0 Å². The third kappa shape index (κ3) is 1.59. The van der Waals surface area contributed by atoms with E-state index in [2.05, 4.69) is 0 Å². The zero-order valence-electron chi connectivity index (χ0n) is 7.07. The van der Waals surface area contributed by atoms with Gasteiger partial charge in [0.1, 0.15) is 5.82 Å². The van der Waals surface area contributed by atoms with E-state index < -0.39 is 5.82 Å². The Hall–Kier alpha value is -0.600. The summed E-state index contributed by atoms with van der Waals surface area (Å²) in [6.07, 6.45) is 0. The average Bonchev–Trinajstić information content (AvgIpc) is 1.97. The summed E-state index contributed by atoms with van der Waals surface area (Å²) in [5.74, 6) is -0.408. The molecule has 1 aromatic carbocycles. The van der Waals surface area contributed by atoms with Gasteiger partial charge in [0.15, 0.2) is 0 Å². The first kappa shape index (κ1) is 9.49. The summed E-state index contributed by atoms with van der Waals surface area (Å²) in [5.41, 5.74) is 7.25.